The molecule has 7 nitrogen and oxygen atoms in total. The van der Waals surface area contributed by atoms with E-state index in [0.29, 0.717) is 6.42 Å². The normalized spacial score (nSPS) is 11.8. The van der Waals surface area contributed by atoms with E-state index in [1.807, 2.05) is 6.92 Å². The second kappa shape index (κ2) is 11.3. The second-order valence-corrected chi connectivity index (χ2v) is 3.80. The number of unbranched alkanes of at least 4 members (excludes halogenated alkanes) is 1. The Morgan fingerprint density at radius 3 is 1.68 bits per heavy atom. The standard InChI is InChI=1S/C12H24O7/c1-2-3-4-11(16)12(17-8-5-13,18-9-6-14)19-10-7-15/h13-15H,2-10H2,1H3. The average Bonchev–Trinajstić information content (AvgIpc) is 2.44. The van der Waals surface area contributed by atoms with Crippen LogP contribution in [0.3, 0.4) is 0 Å². The summed E-state index contributed by atoms with van der Waals surface area (Å²) in [6, 6.07) is 0. The van der Waals surface area contributed by atoms with Gasteiger partial charge in [0.1, 0.15) is 0 Å². The third-order valence-electron chi connectivity index (χ3n) is 2.25. The molecule has 19 heavy (non-hydrogen) atoms. The molecule has 114 valence electrons. The third-order valence-corrected chi connectivity index (χ3v) is 2.25. The van der Waals surface area contributed by atoms with Gasteiger partial charge in [0.2, 0.25) is 5.78 Å². The van der Waals surface area contributed by atoms with Crippen LogP contribution in [0, 0.1) is 0 Å². The van der Waals surface area contributed by atoms with Gasteiger partial charge in [-0.05, 0) is 6.42 Å². The highest BCUT2D eigenvalue weighted by molar-refractivity contribution is 5.84. The predicted octanol–water partition coefficient (Wildman–Crippen LogP) is -0.574. The molecule has 0 saturated carbocycles. The van der Waals surface area contributed by atoms with Crippen LogP contribution < -0.4 is 0 Å². The van der Waals surface area contributed by atoms with Gasteiger partial charge < -0.3 is 29.5 Å². The Labute approximate surface area is 113 Å². The molecule has 0 radical (unpaired) electrons. The van der Waals surface area contributed by atoms with Crippen molar-refractivity contribution in [3.05, 3.63) is 0 Å². The smallest absolute Gasteiger partial charge is 0.347 e. The van der Waals surface area contributed by atoms with Gasteiger partial charge in [-0.25, -0.2) is 0 Å². The lowest BCUT2D eigenvalue weighted by Crippen LogP contribution is -2.48. The largest absolute Gasteiger partial charge is 0.394 e. The number of aliphatic hydroxyl groups excluding tert-OH is 3. The van der Waals surface area contributed by atoms with Gasteiger partial charge in [0, 0.05) is 6.42 Å². The fraction of sp³-hybridized carbons (Fsp3) is 0.917. The summed E-state index contributed by atoms with van der Waals surface area (Å²) in [6.07, 6.45) is 1.66. The summed E-state index contributed by atoms with van der Waals surface area (Å²) >= 11 is 0. The molecule has 0 rings (SSSR count). The lowest BCUT2D eigenvalue weighted by molar-refractivity contribution is -0.357. The number of aliphatic hydroxyl groups is 3. The summed E-state index contributed by atoms with van der Waals surface area (Å²) in [4.78, 5) is 12.1. The van der Waals surface area contributed by atoms with Gasteiger partial charge in [-0.2, -0.15) is 0 Å². The highest BCUT2D eigenvalue weighted by Crippen LogP contribution is 2.20. The van der Waals surface area contributed by atoms with Crippen LogP contribution in [0.5, 0.6) is 0 Å². The maximum atomic E-state index is 12.1. The van der Waals surface area contributed by atoms with E-state index in [1.165, 1.54) is 0 Å². The molecule has 3 N–H and O–H groups in total. The Kier molecular flexibility index (Phi) is 10.9. The zero-order valence-electron chi connectivity index (χ0n) is 11.3. The first-order chi connectivity index (χ1) is 9.16. The molecule has 0 spiro atoms. The highest BCUT2D eigenvalue weighted by atomic mass is 16.9. The van der Waals surface area contributed by atoms with E-state index >= 15 is 0 Å². The summed E-state index contributed by atoms with van der Waals surface area (Å²) in [5.41, 5.74) is 0. The molecule has 0 heterocycles. The van der Waals surface area contributed by atoms with Crippen molar-refractivity contribution in [3.63, 3.8) is 0 Å². The van der Waals surface area contributed by atoms with Gasteiger partial charge in [0.25, 0.3) is 0 Å². The molecule has 0 aromatic carbocycles. The number of hydrogen-bond donors (Lipinski definition) is 3. The van der Waals surface area contributed by atoms with Gasteiger partial charge in [-0.3, -0.25) is 4.79 Å². The Bertz CT molecular complexity index is 210. The number of ketones is 1. The van der Waals surface area contributed by atoms with Crippen LogP contribution in [0.2, 0.25) is 0 Å². The molecule has 0 aliphatic rings. The highest BCUT2D eigenvalue weighted by Gasteiger charge is 2.41. The number of ether oxygens (including phenoxy) is 3. The molecule has 0 amide bonds. The minimum atomic E-state index is -1.95. The quantitative estimate of drug-likeness (QED) is 0.388. The number of hydrogen-bond acceptors (Lipinski definition) is 7. The molecular formula is C12H24O7. The second-order valence-electron chi connectivity index (χ2n) is 3.80. The van der Waals surface area contributed by atoms with Crippen molar-refractivity contribution in [1.29, 1.82) is 0 Å². The van der Waals surface area contributed by atoms with Crippen molar-refractivity contribution in [2.75, 3.05) is 39.6 Å². The van der Waals surface area contributed by atoms with E-state index in [1.54, 1.807) is 0 Å². The van der Waals surface area contributed by atoms with Crippen LogP contribution in [-0.2, 0) is 19.0 Å². The maximum Gasteiger partial charge on any atom is 0.347 e. The van der Waals surface area contributed by atoms with E-state index < -0.39 is 11.8 Å². The van der Waals surface area contributed by atoms with Crippen LogP contribution >= 0.6 is 0 Å². The molecule has 0 unspecified atom stereocenters. The monoisotopic (exact) mass is 280 g/mol. The topological polar surface area (TPSA) is 105 Å². The fourth-order valence-electron chi connectivity index (χ4n) is 1.40. The molecule has 0 aliphatic carbocycles. The van der Waals surface area contributed by atoms with Gasteiger partial charge in [-0.15, -0.1) is 0 Å². The van der Waals surface area contributed by atoms with Crippen molar-refractivity contribution in [1.82, 2.24) is 0 Å². The van der Waals surface area contributed by atoms with E-state index in [2.05, 4.69) is 0 Å². The third kappa shape index (κ3) is 6.95. The summed E-state index contributed by atoms with van der Waals surface area (Å²) < 4.78 is 15.5. The van der Waals surface area contributed by atoms with Crippen molar-refractivity contribution in [2.24, 2.45) is 0 Å². The minimum Gasteiger partial charge on any atom is -0.394 e. The first kappa shape index (κ1) is 18.4. The molecule has 0 fully saturated rings. The predicted molar refractivity (Wildman–Crippen MR) is 66.4 cm³/mol. The molecular weight excluding hydrogens is 256 g/mol. The van der Waals surface area contributed by atoms with Crippen LogP contribution in [0.4, 0.5) is 0 Å². The maximum absolute atomic E-state index is 12.1. The van der Waals surface area contributed by atoms with E-state index in [9.17, 15) is 4.79 Å². The van der Waals surface area contributed by atoms with Crippen LogP contribution in [0.15, 0.2) is 0 Å². The molecule has 0 saturated heterocycles. The Balaban J connectivity index is 4.79. The van der Waals surface area contributed by atoms with Gasteiger partial charge >= 0.3 is 5.97 Å². The molecule has 0 bridgehead atoms. The van der Waals surface area contributed by atoms with Gasteiger partial charge in [-0.1, -0.05) is 13.3 Å². The van der Waals surface area contributed by atoms with Gasteiger partial charge in [0.05, 0.1) is 39.6 Å². The summed E-state index contributed by atoms with van der Waals surface area (Å²) in [7, 11) is 0. The van der Waals surface area contributed by atoms with Crippen LogP contribution in [0.25, 0.3) is 0 Å². The fourth-order valence-corrected chi connectivity index (χ4v) is 1.40. The number of carbonyl (C=O) groups is 1. The van der Waals surface area contributed by atoms with Crippen LogP contribution in [-0.4, -0.2) is 66.7 Å². The summed E-state index contributed by atoms with van der Waals surface area (Å²) in [5, 5.41) is 26.4. The molecule has 0 aliphatic heterocycles. The van der Waals surface area contributed by atoms with E-state index in [4.69, 9.17) is 29.5 Å². The first-order valence-electron chi connectivity index (χ1n) is 6.44. The van der Waals surface area contributed by atoms with Gasteiger partial charge in [0.15, 0.2) is 0 Å². The van der Waals surface area contributed by atoms with Crippen molar-refractivity contribution < 1.29 is 34.3 Å². The van der Waals surface area contributed by atoms with Crippen molar-refractivity contribution in [2.45, 2.75) is 32.2 Å². The van der Waals surface area contributed by atoms with Crippen LogP contribution in [0.1, 0.15) is 26.2 Å². The Morgan fingerprint density at radius 2 is 1.37 bits per heavy atom. The summed E-state index contributed by atoms with van der Waals surface area (Å²) in [5.74, 6) is -2.38. The molecule has 7 heteroatoms. The summed E-state index contributed by atoms with van der Waals surface area (Å²) in [6.45, 7) is 0.611. The number of Topliss-reactive ketones (excluding diaryl/α,β-unsaturated/α-hetero) is 1. The SMILES string of the molecule is CCCCC(=O)C(OCCO)(OCCO)OCCO. The van der Waals surface area contributed by atoms with Crippen molar-refractivity contribution >= 4 is 5.78 Å². The van der Waals surface area contributed by atoms with E-state index in [-0.39, 0.29) is 46.1 Å². The Morgan fingerprint density at radius 1 is 0.947 bits per heavy atom. The van der Waals surface area contributed by atoms with Crippen molar-refractivity contribution in [3.8, 4) is 0 Å². The molecule has 0 aromatic rings. The number of carbonyl (C=O) groups excluding carboxylic acids is 1. The first-order valence-corrected chi connectivity index (χ1v) is 6.44. The molecule has 0 aromatic heterocycles. The lowest BCUT2D eigenvalue weighted by atomic mass is 10.1. The van der Waals surface area contributed by atoms with E-state index in [0.717, 1.165) is 6.42 Å². The minimum absolute atomic E-state index is 0.144. The average molecular weight is 280 g/mol. The zero-order valence-corrected chi connectivity index (χ0v) is 11.3. The lowest BCUT2D eigenvalue weighted by Gasteiger charge is -2.31. The number of rotatable bonds is 13. The molecule has 0 atom stereocenters. The zero-order chi connectivity index (χ0) is 14.6. The Hall–Kier alpha value is -0.570.